The third-order valence-electron chi connectivity index (χ3n) is 3.24. The van der Waals surface area contributed by atoms with Gasteiger partial charge in [-0.25, -0.2) is 0 Å². The number of hydrogen-bond donors (Lipinski definition) is 2. The first-order valence-electron chi connectivity index (χ1n) is 6.29. The van der Waals surface area contributed by atoms with Gasteiger partial charge in [-0.05, 0) is 37.1 Å². The predicted octanol–water partition coefficient (Wildman–Crippen LogP) is 0.940. The molecule has 0 radical (unpaired) electrons. The van der Waals surface area contributed by atoms with E-state index in [4.69, 9.17) is 5.11 Å². The Kier molecular flexibility index (Phi) is 3.85. The molecule has 1 aliphatic rings. The molecule has 1 aliphatic heterocycles. The summed E-state index contributed by atoms with van der Waals surface area (Å²) in [7, 11) is 0. The van der Waals surface area contributed by atoms with Crippen molar-refractivity contribution in [3.05, 3.63) is 29.3 Å². The average Bonchev–Trinajstić information content (AvgIpc) is 2.50. The molecule has 1 heterocycles. The topological polar surface area (TPSA) is 69.6 Å². The molecule has 5 nitrogen and oxygen atoms in total. The summed E-state index contributed by atoms with van der Waals surface area (Å²) >= 11 is 0. The molecule has 0 aromatic heterocycles. The Balaban J connectivity index is 2.33. The fraction of sp³-hybridized carbons (Fsp3) is 0.429. The van der Waals surface area contributed by atoms with Gasteiger partial charge in [-0.3, -0.25) is 9.59 Å². The van der Waals surface area contributed by atoms with Gasteiger partial charge in [0.05, 0.1) is 12.5 Å². The van der Waals surface area contributed by atoms with Crippen LogP contribution in [-0.2, 0) is 9.59 Å². The van der Waals surface area contributed by atoms with E-state index in [2.05, 4.69) is 5.32 Å². The van der Waals surface area contributed by atoms with Gasteiger partial charge in [0.15, 0.2) is 0 Å². The molecular formula is C14H18N2O3. The Morgan fingerprint density at radius 3 is 2.53 bits per heavy atom. The summed E-state index contributed by atoms with van der Waals surface area (Å²) in [6, 6.07) is 5.85. The molecule has 2 rings (SSSR count). The molecule has 0 bridgehead atoms. The maximum absolute atomic E-state index is 12.1. The van der Waals surface area contributed by atoms with Crippen LogP contribution < -0.4 is 10.2 Å². The van der Waals surface area contributed by atoms with E-state index in [-0.39, 0.29) is 19.0 Å². The monoisotopic (exact) mass is 262 g/mol. The van der Waals surface area contributed by atoms with Gasteiger partial charge in [0.2, 0.25) is 5.91 Å². The summed E-state index contributed by atoms with van der Waals surface area (Å²) in [5.74, 6) is -1.54. The van der Waals surface area contributed by atoms with Crippen LogP contribution in [0.3, 0.4) is 0 Å². The zero-order valence-electron chi connectivity index (χ0n) is 11.1. The third kappa shape index (κ3) is 3.12. The maximum Gasteiger partial charge on any atom is 0.309 e. The first-order chi connectivity index (χ1) is 8.97. The fourth-order valence-electron chi connectivity index (χ4n) is 2.36. The van der Waals surface area contributed by atoms with Crippen LogP contribution in [0, 0.1) is 19.8 Å². The van der Waals surface area contributed by atoms with Gasteiger partial charge in [-0.2, -0.15) is 0 Å². The number of carbonyl (C=O) groups is 2. The molecule has 102 valence electrons. The number of anilines is 1. The van der Waals surface area contributed by atoms with Crippen molar-refractivity contribution in [2.45, 2.75) is 13.8 Å². The number of nitrogens with zero attached hydrogens (tertiary/aromatic N) is 1. The van der Waals surface area contributed by atoms with Crippen LogP contribution in [0.5, 0.6) is 0 Å². The van der Waals surface area contributed by atoms with Crippen LogP contribution in [0.25, 0.3) is 0 Å². The van der Waals surface area contributed by atoms with Gasteiger partial charge in [-0.15, -0.1) is 0 Å². The van der Waals surface area contributed by atoms with E-state index in [1.54, 1.807) is 4.90 Å². The molecule has 1 aromatic carbocycles. The van der Waals surface area contributed by atoms with Gasteiger partial charge in [0.1, 0.15) is 0 Å². The van der Waals surface area contributed by atoms with Crippen molar-refractivity contribution < 1.29 is 14.7 Å². The first-order valence-corrected chi connectivity index (χ1v) is 6.29. The Labute approximate surface area is 112 Å². The minimum Gasteiger partial charge on any atom is -0.481 e. The third-order valence-corrected chi connectivity index (χ3v) is 3.24. The molecule has 1 amide bonds. The lowest BCUT2D eigenvalue weighted by molar-refractivity contribution is -0.141. The zero-order valence-corrected chi connectivity index (χ0v) is 11.1. The standard InChI is InChI=1S/C14H18N2O3/c1-9-3-10(2)5-12(4-9)16-8-11(14(18)19)6-15-7-13(16)17/h3-5,11,15H,6-8H2,1-2H3,(H,18,19). The molecule has 0 saturated carbocycles. The molecular weight excluding hydrogens is 244 g/mol. The van der Waals surface area contributed by atoms with Gasteiger partial charge >= 0.3 is 5.97 Å². The number of amides is 1. The van der Waals surface area contributed by atoms with Crippen molar-refractivity contribution >= 4 is 17.6 Å². The minimum absolute atomic E-state index is 0.0891. The van der Waals surface area contributed by atoms with Crippen molar-refractivity contribution in [1.82, 2.24) is 5.32 Å². The van der Waals surface area contributed by atoms with E-state index in [1.165, 1.54) is 0 Å². The highest BCUT2D eigenvalue weighted by Gasteiger charge is 2.28. The van der Waals surface area contributed by atoms with Gasteiger partial charge < -0.3 is 15.3 Å². The quantitative estimate of drug-likeness (QED) is 0.832. The Morgan fingerprint density at radius 1 is 1.32 bits per heavy atom. The highest BCUT2D eigenvalue weighted by atomic mass is 16.4. The zero-order chi connectivity index (χ0) is 14.0. The molecule has 5 heteroatoms. The molecule has 2 N–H and O–H groups in total. The molecule has 0 aliphatic carbocycles. The van der Waals surface area contributed by atoms with E-state index in [0.29, 0.717) is 6.54 Å². The predicted molar refractivity (Wildman–Crippen MR) is 72.3 cm³/mol. The lowest BCUT2D eigenvalue weighted by Crippen LogP contribution is -2.37. The molecule has 1 fully saturated rings. The number of carbonyl (C=O) groups excluding carboxylic acids is 1. The minimum atomic E-state index is -0.878. The number of benzene rings is 1. The number of carboxylic acids is 1. The van der Waals surface area contributed by atoms with Crippen molar-refractivity contribution in [2.75, 3.05) is 24.5 Å². The lowest BCUT2D eigenvalue weighted by Gasteiger charge is -2.23. The fourth-order valence-corrected chi connectivity index (χ4v) is 2.36. The number of aliphatic carboxylic acids is 1. The first kappa shape index (κ1) is 13.5. The van der Waals surface area contributed by atoms with Crippen LogP contribution in [0.2, 0.25) is 0 Å². The van der Waals surface area contributed by atoms with Gasteiger partial charge in [0, 0.05) is 18.8 Å². The second-order valence-electron chi connectivity index (χ2n) is 5.02. The van der Waals surface area contributed by atoms with E-state index in [9.17, 15) is 9.59 Å². The Bertz CT molecular complexity index is 493. The van der Waals surface area contributed by atoms with Crippen LogP contribution in [0.4, 0.5) is 5.69 Å². The number of rotatable bonds is 2. The molecule has 19 heavy (non-hydrogen) atoms. The average molecular weight is 262 g/mol. The number of hydrogen-bond acceptors (Lipinski definition) is 3. The van der Waals surface area contributed by atoms with Gasteiger partial charge in [-0.1, -0.05) is 6.07 Å². The maximum atomic E-state index is 12.1. The van der Waals surface area contributed by atoms with Crippen LogP contribution in [0.1, 0.15) is 11.1 Å². The second kappa shape index (κ2) is 5.40. The van der Waals surface area contributed by atoms with Crippen molar-refractivity contribution in [1.29, 1.82) is 0 Å². The van der Waals surface area contributed by atoms with Crippen LogP contribution in [0.15, 0.2) is 18.2 Å². The molecule has 1 atom stereocenters. The van der Waals surface area contributed by atoms with E-state index in [0.717, 1.165) is 16.8 Å². The normalized spacial score (nSPS) is 20.2. The molecule has 0 spiro atoms. The summed E-state index contributed by atoms with van der Waals surface area (Å²) in [5.41, 5.74) is 2.90. The van der Waals surface area contributed by atoms with Gasteiger partial charge in [0.25, 0.3) is 0 Å². The van der Waals surface area contributed by atoms with E-state index >= 15 is 0 Å². The summed E-state index contributed by atoms with van der Waals surface area (Å²) < 4.78 is 0. The SMILES string of the molecule is Cc1cc(C)cc(N2CC(C(=O)O)CNCC2=O)c1. The van der Waals surface area contributed by atoms with Crippen LogP contribution in [-0.4, -0.2) is 36.6 Å². The highest BCUT2D eigenvalue weighted by molar-refractivity contribution is 5.96. The van der Waals surface area contributed by atoms with Crippen LogP contribution >= 0.6 is 0 Å². The Morgan fingerprint density at radius 2 is 1.95 bits per heavy atom. The number of carboxylic acid groups (broad SMARTS) is 1. The molecule has 1 aromatic rings. The largest absolute Gasteiger partial charge is 0.481 e. The highest BCUT2D eigenvalue weighted by Crippen LogP contribution is 2.21. The van der Waals surface area contributed by atoms with E-state index in [1.807, 2.05) is 32.0 Å². The van der Waals surface area contributed by atoms with E-state index < -0.39 is 11.9 Å². The van der Waals surface area contributed by atoms with Crippen molar-refractivity contribution in [3.63, 3.8) is 0 Å². The van der Waals surface area contributed by atoms with Crippen molar-refractivity contribution in [2.24, 2.45) is 5.92 Å². The number of aryl methyl sites for hydroxylation is 2. The second-order valence-corrected chi connectivity index (χ2v) is 5.02. The summed E-state index contributed by atoms with van der Waals surface area (Å²) in [6.45, 7) is 4.64. The molecule has 1 unspecified atom stereocenters. The summed E-state index contributed by atoms with van der Waals surface area (Å²) in [6.07, 6.45) is 0. The summed E-state index contributed by atoms with van der Waals surface area (Å²) in [4.78, 5) is 24.8. The Hall–Kier alpha value is -1.88. The molecule has 1 saturated heterocycles. The lowest BCUT2D eigenvalue weighted by atomic mass is 10.1. The number of nitrogens with one attached hydrogen (secondary N) is 1. The smallest absolute Gasteiger partial charge is 0.309 e. The summed E-state index contributed by atoms with van der Waals surface area (Å²) in [5, 5.41) is 12.0. The van der Waals surface area contributed by atoms with Crippen molar-refractivity contribution in [3.8, 4) is 0 Å².